The fraction of sp³-hybridized carbons (Fsp3) is 0.190. The van der Waals surface area contributed by atoms with Gasteiger partial charge in [0, 0.05) is 37.3 Å². The first-order valence-corrected chi connectivity index (χ1v) is 9.37. The van der Waals surface area contributed by atoms with E-state index in [-0.39, 0.29) is 12.2 Å². The maximum Gasteiger partial charge on any atom is 0.265 e. The third-order valence-electron chi connectivity index (χ3n) is 4.74. The molecular weight excluding hydrogens is 404 g/mol. The number of aromatic nitrogens is 7. The highest BCUT2D eigenvalue weighted by Gasteiger charge is 2.17. The van der Waals surface area contributed by atoms with E-state index >= 15 is 0 Å². The van der Waals surface area contributed by atoms with Gasteiger partial charge in [-0.05, 0) is 31.2 Å². The predicted octanol–water partition coefficient (Wildman–Crippen LogP) is 3.93. The van der Waals surface area contributed by atoms with Crippen molar-refractivity contribution < 1.29 is 13.5 Å². The van der Waals surface area contributed by atoms with Crippen LogP contribution in [0.15, 0.2) is 49.4 Å². The van der Waals surface area contributed by atoms with Crippen molar-refractivity contribution in [1.29, 1.82) is 0 Å². The average Bonchev–Trinajstić information content (AvgIpc) is 3.37. The lowest BCUT2D eigenvalue weighted by Crippen LogP contribution is -2.07. The fourth-order valence-corrected chi connectivity index (χ4v) is 3.07. The summed E-state index contributed by atoms with van der Waals surface area (Å²) in [6.07, 6.45) is 3.76. The standard InChI is InChI=1S/C21H19F2N7O/c1-4-15-17(30-10-9-24-13(30)2)7-8-19(26-15)31-12-18-20(27-28-29(18)3)16-6-5-14(11-25-16)21(22)23/h4-11,21H,1,12H2,2-3H3. The van der Waals surface area contributed by atoms with Crippen LogP contribution in [0.3, 0.4) is 0 Å². The van der Waals surface area contributed by atoms with Gasteiger partial charge in [0.15, 0.2) is 0 Å². The van der Waals surface area contributed by atoms with Gasteiger partial charge >= 0.3 is 0 Å². The first kappa shape index (κ1) is 20.3. The molecule has 0 bridgehead atoms. The molecule has 0 saturated heterocycles. The van der Waals surface area contributed by atoms with Crippen molar-refractivity contribution >= 4 is 6.08 Å². The van der Waals surface area contributed by atoms with Crippen molar-refractivity contribution in [3.63, 3.8) is 0 Å². The second kappa shape index (κ2) is 8.42. The molecule has 0 aliphatic heterocycles. The monoisotopic (exact) mass is 423 g/mol. The van der Waals surface area contributed by atoms with Crippen LogP contribution in [-0.2, 0) is 13.7 Å². The van der Waals surface area contributed by atoms with E-state index in [1.807, 2.05) is 23.8 Å². The number of hydrogen-bond donors (Lipinski definition) is 0. The van der Waals surface area contributed by atoms with Gasteiger partial charge in [0.2, 0.25) is 5.88 Å². The molecule has 0 aromatic carbocycles. The van der Waals surface area contributed by atoms with Gasteiger partial charge in [-0.3, -0.25) is 4.98 Å². The van der Waals surface area contributed by atoms with Crippen molar-refractivity contribution in [3.05, 3.63) is 72.2 Å². The lowest BCUT2D eigenvalue weighted by atomic mass is 10.2. The zero-order valence-corrected chi connectivity index (χ0v) is 16.9. The highest BCUT2D eigenvalue weighted by Crippen LogP contribution is 2.24. The van der Waals surface area contributed by atoms with E-state index < -0.39 is 6.43 Å². The zero-order valence-electron chi connectivity index (χ0n) is 16.9. The van der Waals surface area contributed by atoms with E-state index in [0.717, 1.165) is 17.7 Å². The number of alkyl halides is 2. The molecule has 0 fully saturated rings. The summed E-state index contributed by atoms with van der Waals surface area (Å²) in [6.45, 7) is 5.85. The molecule has 0 aliphatic carbocycles. The molecule has 4 aromatic heterocycles. The molecule has 4 heterocycles. The molecule has 0 unspecified atom stereocenters. The van der Waals surface area contributed by atoms with Gasteiger partial charge in [-0.2, -0.15) is 0 Å². The average molecular weight is 423 g/mol. The quantitative estimate of drug-likeness (QED) is 0.448. The van der Waals surface area contributed by atoms with Crippen LogP contribution in [0.2, 0.25) is 0 Å². The molecule has 0 radical (unpaired) electrons. The van der Waals surface area contributed by atoms with Crippen molar-refractivity contribution in [2.75, 3.05) is 0 Å². The Bertz CT molecular complexity index is 1210. The zero-order chi connectivity index (χ0) is 22.0. The molecule has 0 aliphatic rings. The molecule has 0 N–H and O–H groups in total. The largest absolute Gasteiger partial charge is 0.471 e. The summed E-state index contributed by atoms with van der Waals surface area (Å²) in [6, 6.07) is 6.44. The summed E-state index contributed by atoms with van der Waals surface area (Å²) in [7, 11) is 1.72. The van der Waals surface area contributed by atoms with E-state index in [2.05, 4.69) is 31.8 Å². The second-order valence-corrected chi connectivity index (χ2v) is 6.68. The lowest BCUT2D eigenvalue weighted by Gasteiger charge is -2.12. The Morgan fingerprint density at radius 1 is 1.19 bits per heavy atom. The Morgan fingerprint density at radius 3 is 2.68 bits per heavy atom. The molecule has 31 heavy (non-hydrogen) atoms. The van der Waals surface area contributed by atoms with Gasteiger partial charge in [-0.15, -0.1) is 5.10 Å². The number of rotatable bonds is 7. The molecule has 8 nitrogen and oxygen atoms in total. The normalized spacial score (nSPS) is 11.1. The third kappa shape index (κ3) is 4.04. The van der Waals surface area contributed by atoms with E-state index in [4.69, 9.17) is 4.74 Å². The summed E-state index contributed by atoms with van der Waals surface area (Å²) >= 11 is 0. The number of pyridine rings is 2. The van der Waals surface area contributed by atoms with Crippen LogP contribution in [0.4, 0.5) is 8.78 Å². The summed E-state index contributed by atoms with van der Waals surface area (Å²) in [5, 5.41) is 8.11. The predicted molar refractivity (Wildman–Crippen MR) is 110 cm³/mol. The Labute approximate surface area is 176 Å². The minimum atomic E-state index is -2.58. The van der Waals surface area contributed by atoms with E-state index in [1.54, 1.807) is 30.1 Å². The van der Waals surface area contributed by atoms with Crippen molar-refractivity contribution in [3.8, 4) is 23.0 Å². The summed E-state index contributed by atoms with van der Waals surface area (Å²) in [5.41, 5.74) is 2.85. The Kier molecular flexibility index (Phi) is 5.52. The van der Waals surface area contributed by atoms with E-state index in [9.17, 15) is 8.78 Å². The molecular formula is C21H19F2N7O. The molecule has 10 heteroatoms. The molecule has 0 spiro atoms. The topological polar surface area (TPSA) is 83.5 Å². The molecule has 4 aromatic rings. The SMILES string of the molecule is C=Cc1nc(OCc2c(-c3ccc(C(F)F)cn3)nnn2C)ccc1-n1ccnc1C. The van der Waals surface area contributed by atoms with Crippen LogP contribution in [0.25, 0.3) is 23.2 Å². The third-order valence-corrected chi connectivity index (χ3v) is 4.74. The minimum absolute atomic E-state index is 0.115. The Morgan fingerprint density at radius 2 is 2.03 bits per heavy atom. The van der Waals surface area contributed by atoms with Gasteiger partial charge in [0.1, 0.15) is 23.8 Å². The first-order chi connectivity index (χ1) is 15.0. The van der Waals surface area contributed by atoms with Crippen LogP contribution in [-0.4, -0.2) is 34.5 Å². The number of hydrogen-bond acceptors (Lipinski definition) is 6. The van der Waals surface area contributed by atoms with E-state index in [0.29, 0.717) is 28.7 Å². The first-order valence-electron chi connectivity index (χ1n) is 9.37. The maximum atomic E-state index is 12.8. The van der Waals surface area contributed by atoms with Gasteiger partial charge in [0.05, 0.1) is 17.1 Å². The highest BCUT2D eigenvalue weighted by atomic mass is 19.3. The highest BCUT2D eigenvalue weighted by molar-refractivity contribution is 5.57. The van der Waals surface area contributed by atoms with Crippen LogP contribution in [0.5, 0.6) is 5.88 Å². The van der Waals surface area contributed by atoms with Crippen LogP contribution >= 0.6 is 0 Å². The van der Waals surface area contributed by atoms with Crippen LogP contribution < -0.4 is 4.74 Å². The number of aryl methyl sites for hydroxylation is 2. The molecule has 158 valence electrons. The van der Waals surface area contributed by atoms with Gasteiger partial charge in [0.25, 0.3) is 6.43 Å². The number of imidazole rings is 1. The Hall–Kier alpha value is -3.95. The second-order valence-electron chi connectivity index (χ2n) is 6.68. The molecule has 0 saturated carbocycles. The van der Waals surface area contributed by atoms with Crippen molar-refractivity contribution in [1.82, 2.24) is 34.5 Å². The maximum absolute atomic E-state index is 12.8. The summed E-state index contributed by atoms with van der Waals surface area (Å²) in [4.78, 5) is 12.8. The number of ether oxygens (including phenoxy) is 1. The van der Waals surface area contributed by atoms with Gasteiger partial charge in [-0.25, -0.2) is 23.4 Å². The summed E-state index contributed by atoms with van der Waals surface area (Å²) < 4.78 is 34.9. The number of halogens is 2. The van der Waals surface area contributed by atoms with Crippen molar-refractivity contribution in [2.24, 2.45) is 7.05 Å². The molecule has 0 atom stereocenters. The molecule has 0 amide bonds. The van der Waals surface area contributed by atoms with Crippen molar-refractivity contribution in [2.45, 2.75) is 20.0 Å². The number of nitrogens with zero attached hydrogens (tertiary/aromatic N) is 7. The van der Waals surface area contributed by atoms with Crippen LogP contribution in [0.1, 0.15) is 29.2 Å². The van der Waals surface area contributed by atoms with Crippen LogP contribution in [0, 0.1) is 6.92 Å². The fourth-order valence-electron chi connectivity index (χ4n) is 3.07. The summed E-state index contributed by atoms with van der Waals surface area (Å²) in [5.74, 6) is 1.22. The lowest BCUT2D eigenvalue weighted by molar-refractivity contribution is 0.151. The van der Waals surface area contributed by atoms with Gasteiger partial charge in [-0.1, -0.05) is 11.8 Å². The Balaban J connectivity index is 1.57. The minimum Gasteiger partial charge on any atom is -0.471 e. The van der Waals surface area contributed by atoms with E-state index in [1.165, 1.54) is 12.1 Å². The van der Waals surface area contributed by atoms with Gasteiger partial charge < -0.3 is 9.30 Å². The smallest absolute Gasteiger partial charge is 0.265 e. The molecule has 4 rings (SSSR count).